The van der Waals surface area contributed by atoms with Crippen LogP contribution in [0.15, 0.2) is 30.3 Å². The van der Waals surface area contributed by atoms with Gasteiger partial charge in [-0.25, -0.2) is 0 Å². The predicted octanol–water partition coefficient (Wildman–Crippen LogP) is 4.09. The highest BCUT2D eigenvalue weighted by molar-refractivity contribution is 7.09. The van der Waals surface area contributed by atoms with E-state index in [1.807, 2.05) is 32.0 Å². The van der Waals surface area contributed by atoms with Crippen LogP contribution in [0.25, 0.3) is 0 Å². The van der Waals surface area contributed by atoms with E-state index < -0.39 is 12.6 Å². The van der Waals surface area contributed by atoms with Gasteiger partial charge in [0.05, 0.1) is 0 Å². The quantitative estimate of drug-likeness (QED) is 0.369. The van der Waals surface area contributed by atoms with E-state index in [-0.39, 0.29) is 11.9 Å². The van der Waals surface area contributed by atoms with E-state index in [4.69, 9.17) is 14.0 Å². The molecule has 3 atom stereocenters. The lowest BCUT2D eigenvalue weighted by molar-refractivity contribution is -0.231. The molecule has 0 saturated carbocycles. The second-order valence-corrected chi connectivity index (χ2v) is 5.81. The van der Waals surface area contributed by atoms with Crippen LogP contribution >= 0.6 is 9.47 Å². The summed E-state index contributed by atoms with van der Waals surface area (Å²) in [6.07, 6.45) is 2.02. The summed E-state index contributed by atoms with van der Waals surface area (Å²) in [5.74, 6) is -0.183. The molecule has 0 saturated heterocycles. The van der Waals surface area contributed by atoms with Crippen LogP contribution in [0.1, 0.15) is 45.6 Å². The first-order valence-corrected chi connectivity index (χ1v) is 8.28. The third-order valence-corrected chi connectivity index (χ3v) is 3.57. The Labute approximate surface area is 135 Å². The van der Waals surface area contributed by atoms with Crippen LogP contribution in [0.4, 0.5) is 0 Å². The standard InChI is InChI=1S/C17H27O4P/c1-4-15(18)19-17(13(2)3)20-16(21-22)12-8-11-14-9-6-5-7-10-14/h5-7,9-10,13,16-17H,4,8,11-12,22H2,1-3H3/t16-,17-/m1/s1. The molecule has 0 aromatic heterocycles. The molecule has 0 spiro atoms. The van der Waals surface area contributed by atoms with Crippen molar-refractivity contribution in [2.75, 3.05) is 0 Å². The number of esters is 1. The van der Waals surface area contributed by atoms with Crippen molar-refractivity contribution in [3.8, 4) is 0 Å². The van der Waals surface area contributed by atoms with Crippen LogP contribution in [-0.4, -0.2) is 18.5 Å². The molecule has 0 amide bonds. The van der Waals surface area contributed by atoms with Crippen molar-refractivity contribution >= 4 is 15.4 Å². The Hall–Kier alpha value is -0.960. The summed E-state index contributed by atoms with van der Waals surface area (Å²) in [5, 5.41) is 0. The van der Waals surface area contributed by atoms with Crippen LogP contribution in [0.3, 0.4) is 0 Å². The molecule has 4 nitrogen and oxygen atoms in total. The van der Waals surface area contributed by atoms with Crippen LogP contribution in [-0.2, 0) is 25.2 Å². The average molecular weight is 326 g/mol. The van der Waals surface area contributed by atoms with Gasteiger partial charge in [-0.05, 0) is 24.8 Å². The van der Waals surface area contributed by atoms with Crippen molar-refractivity contribution in [1.82, 2.24) is 0 Å². The molecule has 1 unspecified atom stereocenters. The lowest BCUT2D eigenvalue weighted by Gasteiger charge is -2.26. The number of benzene rings is 1. The van der Waals surface area contributed by atoms with Crippen LogP contribution in [0.5, 0.6) is 0 Å². The fraction of sp³-hybridized carbons (Fsp3) is 0.588. The van der Waals surface area contributed by atoms with Gasteiger partial charge in [0, 0.05) is 21.8 Å². The molecule has 1 aromatic rings. The summed E-state index contributed by atoms with van der Waals surface area (Å²) in [7, 11) is 2.23. The van der Waals surface area contributed by atoms with Crippen molar-refractivity contribution in [3.05, 3.63) is 35.9 Å². The molecule has 0 bridgehead atoms. The van der Waals surface area contributed by atoms with E-state index >= 15 is 0 Å². The van der Waals surface area contributed by atoms with Gasteiger partial charge in [-0.2, -0.15) is 0 Å². The maximum Gasteiger partial charge on any atom is 0.307 e. The predicted molar refractivity (Wildman–Crippen MR) is 90.1 cm³/mol. The van der Waals surface area contributed by atoms with Gasteiger partial charge >= 0.3 is 5.97 Å². The Balaban J connectivity index is 2.42. The largest absolute Gasteiger partial charge is 0.435 e. The maximum absolute atomic E-state index is 11.4. The molecule has 0 fully saturated rings. The third kappa shape index (κ3) is 7.35. The Morgan fingerprint density at radius 1 is 1.23 bits per heavy atom. The summed E-state index contributed by atoms with van der Waals surface area (Å²) < 4.78 is 16.4. The van der Waals surface area contributed by atoms with Crippen molar-refractivity contribution in [2.24, 2.45) is 5.92 Å². The highest BCUT2D eigenvalue weighted by Crippen LogP contribution is 2.18. The highest BCUT2D eigenvalue weighted by Gasteiger charge is 2.22. The monoisotopic (exact) mass is 326 g/mol. The lowest BCUT2D eigenvalue weighted by Crippen LogP contribution is -2.31. The van der Waals surface area contributed by atoms with Gasteiger partial charge < -0.3 is 14.0 Å². The van der Waals surface area contributed by atoms with Crippen LogP contribution in [0, 0.1) is 5.92 Å². The van der Waals surface area contributed by atoms with E-state index in [9.17, 15) is 4.79 Å². The molecule has 1 rings (SSSR count). The Morgan fingerprint density at radius 2 is 1.91 bits per heavy atom. The number of carbonyl (C=O) groups excluding carboxylic acids is 1. The van der Waals surface area contributed by atoms with Gasteiger partial charge in [-0.1, -0.05) is 51.1 Å². The zero-order valence-corrected chi connectivity index (χ0v) is 14.8. The smallest absolute Gasteiger partial charge is 0.307 e. The fourth-order valence-electron chi connectivity index (χ4n) is 1.97. The normalized spacial score (nSPS) is 13.9. The van der Waals surface area contributed by atoms with Gasteiger partial charge in [-0.3, -0.25) is 4.79 Å². The van der Waals surface area contributed by atoms with E-state index in [1.54, 1.807) is 6.92 Å². The minimum absolute atomic E-state index is 0.0762. The van der Waals surface area contributed by atoms with E-state index in [1.165, 1.54) is 5.56 Å². The second kappa shape index (κ2) is 10.7. The summed E-state index contributed by atoms with van der Waals surface area (Å²) >= 11 is 0. The molecule has 0 radical (unpaired) electrons. The first kappa shape index (κ1) is 19.1. The molecule has 0 heterocycles. The number of hydrogen-bond acceptors (Lipinski definition) is 4. The fourth-order valence-corrected chi connectivity index (χ4v) is 2.17. The lowest BCUT2D eigenvalue weighted by atomic mass is 10.1. The topological polar surface area (TPSA) is 44.8 Å². The summed E-state index contributed by atoms with van der Waals surface area (Å²) in [5.41, 5.74) is 1.29. The van der Waals surface area contributed by atoms with Crippen molar-refractivity contribution in [2.45, 2.75) is 59.0 Å². The van der Waals surface area contributed by atoms with Gasteiger partial charge in [-0.15, -0.1) is 0 Å². The molecule has 0 aliphatic rings. The molecule has 0 aliphatic carbocycles. The molecule has 5 heteroatoms. The zero-order chi connectivity index (χ0) is 16.4. The number of hydrogen-bond donors (Lipinski definition) is 0. The summed E-state index contributed by atoms with van der Waals surface area (Å²) in [6.45, 7) is 5.68. The van der Waals surface area contributed by atoms with E-state index in [2.05, 4.69) is 21.6 Å². The Kier molecular flexibility index (Phi) is 9.30. The van der Waals surface area contributed by atoms with Crippen molar-refractivity contribution in [1.29, 1.82) is 0 Å². The van der Waals surface area contributed by atoms with Crippen LogP contribution < -0.4 is 0 Å². The van der Waals surface area contributed by atoms with Crippen LogP contribution in [0.2, 0.25) is 0 Å². The average Bonchev–Trinajstić information content (AvgIpc) is 2.53. The third-order valence-electron chi connectivity index (χ3n) is 3.27. The van der Waals surface area contributed by atoms with Crippen molar-refractivity contribution in [3.63, 3.8) is 0 Å². The first-order chi connectivity index (χ1) is 10.6. The zero-order valence-electron chi connectivity index (χ0n) is 13.7. The number of aryl methyl sites for hydroxylation is 1. The number of rotatable bonds is 10. The minimum Gasteiger partial charge on any atom is -0.435 e. The molecule has 0 aliphatic heterocycles. The summed E-state index contributed by atoms with van der Waals surface area (Å²) in [6, 6.07) is 10.3. The van der Waals surface area contributed by atoms with Gasteiger partial charge in [0.2, 0.25) is 6.29 Å². The Bertz CT molecular complexity index is 422. The molecule has 0 N–H and O–H groups in total. The van der Waals surface area contributed by atoms with Gasteiger partial charge in [0.25, 0.3) is 0 Å². The SMILES string of the molecule is CCC(=O)O[C@H](O[C@@H](CCCc1ccccc1)OP)C(C)C. The van der Waals surface area contributed by atoms with E-state index in [0.29, 0.717) is 6.42 Å². The van der Waals surface area contributed by atoms with Gasteiger partial charge in [0.1, 0.15) is 0 Å². The molecule has 1 aromatic carbocycles. The second-order valence-electron chi connectivity index (χ2n) is 5.54. The van der Waals surface area contributed by atoms with E-state index in [0.717, 1.165) is 19.3 Å². The molecule has 22 heavy (non-hydrogen) atoms. The summed E-state index contributed by atoms with van der Waals surface area (Å²) in [4.78, 5) is 11.4. The van der Waals surface area contributed by atoms with Gasteiger partial charge in [0.15, 0.2) is 6.29 Å². The Morgan fingerprint density at radius 3 is 2.45 bits per heavy atom. The number of ether oxygens (including phenoxy) is 2. The minimum atomic E-state index is -0.574. The first-order valence-electron chi connectivity index (χ1n) is 7.81. The molecule has 124 valence electrons. The number of carbonyl (C=O) groups is 1. The van der Waals surface area contributed by atoms with Crippen molar-refractivity contribution < 1.29 is 18.8 Å². The maximum atomic E-state index is 11.4. The highest BCUT2D eigenvalue weighted by atomic mass is 31.0. The molecular weight excluding hydrogens is 299 g/mol. The molecular formula is C17H27O4P.